The maximum absolute atomic E-state index is 4.05. The van der Waals surface area contributed by atoms with Gasteiger partial charge in [0.05, 0.1) is 0 Å². The van der Waals surface area contributed by atoms with E-state index in [0.717, 1.165) is 12.3 Å². The van der Waals surface area contributed by atoms with Gasteiger partial charge >= 0.3 is 0 Å². The molecule has 2 rings (SSSR count). The van der Waals surface area contributed by atoms with Gasteiger partial charge in [0.25, 0.3) is 0 Å². The molecule has 0 nitrogen and oxygen atoms in total. The number of allylic oxidation sites excluding steroid dienone is 8. The van der Waals surface area contributed by atoms with E-state index in [2.05, 4.69) is 51.3 Å². The molecular weight excluding hydrogens is 216 g/mol. The Bertz CT molecular complexity index is 431. The molecule has 2 aliphatic carbocycles. The molecule has 18 heavy (non-hydrogen) atoms. The normalized spacial score (nSPS) is 31.4. The molecule has 0 heterocycles. The second kappa shape index (κ2) is 5.56. The van der Waals surface area contributed by atoms with Gasteiger partial charge in [-0.15, -0.1) is 0 Å². The van der Waals surface area contributed by atoms with Crippen molar-refractivity contribution in [3.63, 3.8) is 0 Å². The molecule has 0 fully saturated rings. The minimum atomic E-state index is 0.598. The zero-order valence-corrected chi connectivity index (χ0v) is 11.7. The molecule has 0 aromatic heterocycles. The van der Waals surface area contributed by atoms with E-state index in [-0.39, 0.29) is 0 Å². The van der Waals surface area contributed by atoms with Crippen LogP contribution in [0.3, 0.4) is 0 Å². The summed E-state index contributed by atoms with van der Waals surface area (Å²) >= 11 is 0. The zero-order valence-electron chi connectivity index (χ0n) is 11.7. The predicted octanol–water partition coefficient (Wildman–Crippen LogP) is 5.22. The third-order valence-corrected chi connectivity index (χ3v) is 4.50. The van der Waals surface area contributed by atoms with Gasteiger partial charge in [-0.25, -0.2) is 0 Å². The molecule has 0 amide bonds. The van der Waals surface area contributed by atoms with Gasteiger partial charge in [-0.3, -0.25) is 0 Å². The first-order chi connectivity index (χ1) is 8.74. The first kappa shape index (κ1) is 13.1. The van der Waals surface area contributed by atoms with Crippen LogP contribution in [0.2, 0.25) is 0 Å². The van der Waals surface area contributed by atoms with Gasteiger partial charge in [0.1, 0.15) is 0 Å². The van der Waals surface area contributed by atoms with E-state index in [0.29, 0.717) is 11.8 Å². The first-order valence-electron chi connectivity index (χ1n) is 7.09. The summed E-state index contributed by atoms with van der Waals surface area (Å²) in [6, 6.07) is 0. The molecule has 3 atom stereocenters. The van der Waals surface area contributed by atoms with Crippen molar-refractivity contribution in [2.75, 3.05) is 0 Å². The average molecular weight is 240 g/mol. The lowest BCUT2D eigenvalue weighted by atomic mass is 9.79. The van der Waals surface area contributed by atoms with E-state index in [4.69, 9.17) is 0 Å². The second-order valence-electron chi connectivity index (χ2n) is 5.34. The Morgan fingerprint density at radius 1 is 1.44 bits per heavy atom. The third-order valence-electron chi connectivity index (χ3n) is 4.50. The molecule has 2 aliphatic rings. The van der Waals surface area contributed by atoms with E-state index in [1.165, 1.54) is 29.6 Å². The third kappa shape index (κ3) is 2.05. The van der Waals surface area contributed by atoms with Crippen LogP contribution in [-0.2, 0) is 0 Å². The molecule has 0 aliphatic heterocycles. The van der Waals surface area contributed by atoms with Gasteiger partial charge in [-0.2, -0.15) is 0 Å². The van der Waals surface area contributed by atoms with Crippen LogP contribution in [0.5, 0.6) is 0 Å². The van der Waals surface area contributed by atoms with Crippen molar-refractivity contribution in [1.82, 2.24) is 0 Å². The Morgan fingerprint density at radius 3 is 2.83 bits per heavy atom. The molecule has 0 bridgehead atoms. The number of hydrogen-bond acceptors (Lipinski definition) is 0. The topological polar surface area (TPSA) is 0 Å². The molecule has 0 saturated carbocycles. The van der Waals surface area contributed by atoms with Crippen LogP contribution in [0, 0.1) is 17.8 Å². The SMILES string of the molecule is C=C/C=C(/CC)C1=C(C=C)C2C=CCCC2C1C. The number of fused-ring (bicyclic) bond motifs is 1. The molecule has 3 unspecified atom stereocenters. The van der Waals surface area contributed by atoms with Gasteiger partial charge in [0.15, 0.2) is 0 Å². The molecular formula is C18H24. The summed E-state index contributed by atoms with van der Waals surface area (Å²) in [5.41, 5.74) is 4.43. The maximum atomic E-state index is 4.05. The van der Waals surface area contributed by atoms with Crippen molar-refractivity contribution in [2.24, 2.45) is 17.8 Å². The molecule has 0 N–H and O–H groups in total. The first-order valence-corrected chi connectivity index (χ1v) is 7.09. The number of hydrogen-bond donors (Lipinski definition) is 0. The van der Waals surface area contributed by atoms with Gasteiger partial charge in [0.2, 0.25) is 0 Å². The van der Waals surface area contributed by atoms with E-state index in [1.807, 2.05) is 6.08 Å². The Hall–Kier alpha value is -1.30. The molecule has 0 spiro atoms. The summed E-state index contributed by atoms with van der Waals surface area (Å²) in [5.74, 6) is 2.03. The lowest BCUT2D eigenvalue weighted by molar-refractivity contribution is 0.347. The summed E-state index contributed by atoms with van der Waals surface area (Å²) in [6.07, 6.45) is 14.5. The van der Waals surface area contributed by atoms with Crippen LogP contribution in [0.4, 0.5) is 0 Å². The van der Waals surface area contributed by atoms with Gasteiger partial charge in [0, 0.05) is 5.92 Å². The van der Waals surface area contributed by atoms with E-state index < -0.39 is 0 Å². The van der Waals surface area contributed by atoms with Crippen LogP contribution < -0.4 is 0 Å². The Labute approximate surface area is 111 Å². The highest BCUT2D eigenvalue weighted by Gasteiger charge is 2.38. The van der Waals surface area contributed by atoms with Crippen molar-refractivity contribution in [3.8, 4) is 0 Å². The van der Waals surface area contributed by atoms with Gasteiger partial charge in [-0.1, -0.05) is 57.4 Å². The fourth-order valence-electron chi connectivity index (χ4n) is 3.67. The molecule has 0 aromatic carbocycles. The summed E-state index contributed by atoms with van der Waals surface area (Å²) in [5, 5.41) is 0. The summed E-state index contributed by atoms with van der Waals surface area (Å²) in [7, 11) is 0. The highest BCUT2D eigenvalue weighted by Crippen LogP contribution is 2.49. The molecule has 0 radical (unpaired) electrons. The van der Waals surface area contributed by atoms with Crippen LogP contribution >= 0.6 is 0 Å². The standard InChI is InChI=1S/C18H24/c1-5-10-14(6-2)18-13(4)16-11-8-9-12-17(16)15(18)7-3/h5,7,9-10,12-13,16-17H,1,3,6,8,11H2,2,4H3/b14-10-. The largest absolute Gasteiger partial charge is 0.0991 e. The smallest absolute Gasteiger partial charge is 0.00548 e. The zero-order chi connectivity index (χ0) is 13.1. The highest BCUT2D eigenvalue weighted by molar-refractivity contribution is 5.49. The Kier molecular flexibility index (Phi) is 4.06. The van der Waals surface area contributed by atoms with Crippen molar-refractivity contribution >= 4 is 0 Å². The molecule has 0 saturated heterocycles. The second-order valence-corrected chi connectivity index (χ2v) is 5.34. The minimum Gasteiger partial charge on any atom is -0.0991 e. The van der Waals surface area contributed by atoms with E-state index >= 15 is 0 Å². The van der Waals surface area contributed by atoms with Gasteiger partial charge in [-0.05, 0) is 47.8 Å². The van der Waals surface area contributed by atoms with E-state index in [9.17, 15) is 0 Å². The Balaban J connectivity index is 2.48. The number of rotatable bonds is 4. The minimum absolute atomic E-state index is 0.598. The summed E-state index contributed by atoms with van der Waals surface area (Å²) in [4.78, 5) is 0. The fourth-order valence-corrected chi connectivity index (χ4v) is 3.67. The lowest BCUT2D eigenvalue weighted by Crippen LogP contribution is -2.17. The summed E-state index contributed by atoms with van der Waals surface area (Å²) < 4.78 is 0. The average Bonchev–Trinajstić information content (AvgIpc) is 2.69. The van der Waals surface area contributed by atoms with Crippen molar-refractivity contribution in [3.05, 3.63) is 60.3 Å². The van der Waals surface area contributed by atoms with Crippen LogP contribution in [0.1, 0.15) is 33.1 Å². The monoisotopic (exact) mass is 240 g/mol. The maximum Gasteiger partial charge on any atom is 0.00548 e. The summed E-state index contributed by atoms with van der Waals surface area (Å²) in [6.45, 7) is 12.5. The lowest BCUT2D eigenvalue weighted by Gasteiger charge is -2.25. The molecule has 0 aromatic rings. The van der Waals surface area contributed by atoms with Crippen LogP contribution in [0.25, 0.3) is 0 Å². The highest BCUT2D eigenvalue weighted by atomic mass is 14.4. The van der Waals surface area contributed by atoms with Crippen LogP contribution in [-0.4, -0.2) is 0 Å². The van der Waals surface area contributed by atoms with Gasteiger partial charge < -0.3 is 0 Å². The molecule has 96 valence electrons. The van der Waals surface area contributed by atoms with Crippen molar-refractivity contribution < 1.29 is 0 Å². The molecule has 0 heteroatoms. The van der Waals surface area contributed by atoms with Crippen molar-refractivity contribution in [2.45, 2.75) is 33.1 Å². The van der Waals surface area contributed by atoms with Crippen molar-refractivity contribution in [1.29, 1.82) is 0 Å². The van der Waals surface area contributed by atoms with Crippen LogP contribution in [0.15, 0.2) is 60.3 Å². The Morgan fingerprint density at radius 2 is 2.22 bits per heavy atom. The van der Waals surface area contributed by atoms with E-state index in [1.54, 1.807) is 0 Å². The fraction of sp³-hybridized carbons (Fsp3) is 0.444. The predicted molar refractivity (Wildman–Crippen MR) is 80.3 cm³/mol. The quantitative estimate of drug-likeness (QED) is 0.466.